The molecule has 0 saturated carbocycles. The van der Waals surface area contributed by atoms with Crippen molar-refractivity contribution in [1.29, 1.82) is 0 Å². The lowest BCUT2D eigenvalue weighted by molar-refractivity contribution is -0.384. The second-order valence-corrected chi connectivity index (χ2v) is 4.35. The average molecular weight is 291 g/mol. The maximum Gasteiger partial charge on any atom is 0.278 e. The van der Waals surface area contributed by atoms with Gasteiger partial charge in [0.05, 0.1) is 17.1 Å². The summed E-state index contributed by atoms with van der Waals surface area (Å²) in [4.78, 5) is 14.5. The zero-order chi connectivity index (χ0) is 15.4. The van der Waals surface area contributed by atoms with Crippen LogP contribution in [0.25, 0.3) is 0 Å². The Hall–Kier alpha value is -2.70. The first-order chi connectivity index (χ1) is 9.99. The average Bonchev–Trinajstić information content (AvgIpc) is 2.43. The number of nitrogens with zero attached hydrogens (tertiary/aromatic N) is 2. The van der Waals surface area contributed by atoms with Gasteiger partial charge in [0.1, 0.15) is 17.4 Å². The van der Waals surface area contributed by atoms with E-state index in [-0.39, 0.29) is 17.3 Å². The molecule has 0 unspecified atom stereocenters. The third-order valence-corrected chi connectivity index (χ3v) is 2.72. The van der Waals surface area contributed by atoms with Crippen LogP contribution in [0.4, 0.5) is 15.9 Å². The second kappa shape index (κ2) is 6.17. The number of benzene rings is 1. The molecule has 1 heterocycles. The number of halogens is 1. The Kier molecular flexibility index (Phi) is 4.32. The van der Waals surface area contributed by atoms with E-state index in [1.54, 1.807) is 13.0 Å². The Morgan fingerprint density at radius 3 is 2.81 bits per heavy atom. The number of aromatic nitrogens is 1. The highest BCUT2D eigenvalue weighted by atomic mass is 19.1. The van der Waals surface area contributed by atoms with Gasteiger partial charge >= 0.3 is 0 Å². The van der Waals surface area contributed by atoms with Crippen LogP contribution in [0, 0.1) is 22.9 Å². The number of hydrogen-bond donors (Lipinski definition) is 1. The second-order valence-electron chi connectivity index (χ2n) is 4.35. The van der Waals surface area contributed by atoms with Gasteiger partial charge in [0.15, 0.2) is 0 Å². The summed E-state index contributed by atoms with van der Waals surface area (Å²) >= 11 is 0. The van der Waals surface area contributed by atoms with Crippen LogP contribution in [0.3, 0.4) is 0 Å². The van der Waals surface area contributed by atoms with Crippen LogP contribution >= 0.6 is 0 Å². The van der Waals surface area contributed by atoms with E-state index >= 15 is 0 Å². The molecule has 1 N–H and O–H groups in total. The fourth-order valence-electron chi connectivity index (χ4n) is 1.72. The fraction of sp³-hybridized carbons (Fsp3) is 0.214. The van der Waals surface area contributed by atoms with Gasteiger partial charge in [0.2, 0.25) is 5.88 Å². The molecule has 1 aromatic heterocycles. The van der Waals surface area contributed by atoms with Crippen molar-refractivity contribution in [3.8, 4) is 11.6 Å². The lowest BCUT2D eigenvalue weighted by Gasteiger charge is -2.09. The molecule has 0 amide bonds. The predicted octanol–water partition coefficient (Wildman–Crippen LogP) is 3.66. The fourth-order valence-corrected chi connectivity index (χ4v) is 1.72. The summed E-state index contributed by atoms with van der Waals surface area (Å²) in [6, 6.07) is 6.60. The summed E-state index contributed by atoms with van der Waals surface area (Å²) in [6.07, 6.45) is 0. The van der Waals surface area contributed by atoms with Crippen LogP contribution in [0.1, 0.15) is 12.5 Å². The van der Waals surface area contributed by atoms with E-state index < -0.39 is 10.7 Å². The Bertz CT molecular complexity index is 677. The first-order valence-electron chi connectivity index (χ1n) is 6.34. The molecule has 0 spiro atoms. The third-order valence-electron chi connectivity index (χ3n) is 2.72. The molecule has 0 radical (unpaired) electrons. The van der Waals surface area contributed by atoms with E-state index in [2.05, 4.69) is 10.3 Å². The van der Waals surface area contributed by atoms with Crippen LogP contribution in [-0.4, -0.2) is 16.5 Å². The lowest BCUT2D eigenvalue weighted by Crippen LogP contribution is -2.02. The highest BCUT2D eigenvalue weighted by Crippen LogP contribution is 2.28. The molecule has 0 atom stereocenters. The Balaban J connectivity index is 2.38. The molecule has 0 aliphatic heterocycles. The van der Waals surface area contributed by atoms with Crippen molar-refractivity contribution in [2.45, 2.75) is 13.8 Å². The van der Waals surface area contributed by atoms with Gasteiger partial charge in [-0.05, 0) is 25.5 Å². The van der Waals surface area contributed by atoms with Crippen LogP contribution in [0.2, 0.25) is 0 Å². The topological polar surface area (TPSA) is 77.3 Å². The van der Waals surface area contributed by atoms with Gasteiger partial charge in [0, 0.05) is 12.6 Å². The minimum atomic E-state index is -0.534. The summed E-state index contributed by atoms with van der Waals surface area (Å²) in [7, 11) is 0. The van der Waals surface area contributed by atoms with Crippen LogP contribution in [-0.2, 0) is 0 Å². The summed E-state index contributed by atoms with van der Waals surface area (Å²) in [5.74, 6) is 0.183. The highest BCUT2D eigenvalue weighted by Gasteiger charge is 2.13. The summed E-state index contributed by atoms with van der Waals surface area (Å²) in [6.45, 7) is 4.15. The minimum Gasteiger partial charge on any atom is -0.438 e. The van der Waals surface area contributed by atoms with Crippen LogP contribution < -0.4 is 10.1 Å². The Morgan fingerprint density at radius 1 is 1.38 bits per heavy atom. The van der Waals surface area contributed by atoms with Crippen molar-refractivity contribution < 1.29 is 14.1 Å². The van der Waals surface area contributed by atoms with Gasteiger partial charge in [0.25, 0.3) is 5.69 Å². The van der Waals surface area contributed by atoms with E-state index in [1.165, 1.54) is 24.3 Å². The first-order valence-corrected chi connectivity index (χ1v) is 6.34. The van der Waals surface area contributed by atoms with Crippen molar-refractivity contribution in [1.82, 2.24) is 4.98 Å². The molecule has 0 aliphatic rings. The molecule has 110 valence electrons. The van der Waals surface area contributed by atoms with Crippen molar-refractivity contribution in [2.75, 3.05) is 11.9 Å². The van der Waals surface area contributed by atoms with Gasteiger partial charge in [-0.15, -0.1) is 0 Å². The maximum absolute atomic E-state index is 13.2. The Labute approximate surface area is 120 Å². The number of ether oxygens (including phenoxy) is 1. The molecule has 0 bridgehead atoms. The molecule has 2 rings (SSSR count). The van der Waals surface area contributed by atoms with Gasteiger partial charge in [-0.2, -0.15) is 4.98 Å². The highest BCUT2D eigenvalue weighted by molar-refractivity contribution is 5.49. The zero-order valence-electron chi connectivity index (χ0n) is 11.6. The minimum absolute atomic E-state index is 0.0360. The lowest BCUT2D eigenvalue weighted by atomic mass is 10.2. The molecular formula is C14H14FN3O3. The smallest absolute Gasteiger partial charge is 0.278 e. The first kappa shape index (κ1) is 14.7. The summed E-state index contributed by atoms with van der Waals surface area (Å²) in [5.41, 5.74) is 0.555. The number of nitrogens with one attached hydrogen (secondary N) is 1. The van der Waals surface area contributed by atoms with E-state index in [4.69, 9.17) is 4.74 Å². The van der Waals surface area contributed by atoms with Gasteiger partial charge in [-0.25, -0.2) is 4.39 Å². The molecule has 2 aromatic rings. The van der Waals surface area contributed by atoms with Gasteiger partial charge in [-0.1, -0.05) is 6.07 Å². The Morgan fingerprint density at radius 2 is 2.14 bits per heavy atom. The molecular weight excluding hydrogens is 277 g/mol. The largest absolute Gasteiger partial charge is 0.438 e. The number of rotatable bonds is 5. The van der Waals surface area contributed by atoms with E-state index in [0.717, 1.165) is 0 Å². The summed E-state index contributed by atoms with van der Waals surface area (Å²) < 4.78 is 18.7. The zero-order valence-corrected chi connectivity index (χ0v) is 11.6. The van der Waals surface area contributed by atoms with Crippen molar-refractivity contribution in [2.24, 2.45) is 0 Å². The number of aryl methyl sites for hydroxylation is 1. The maximum atomic E-state index is 13.2. The van der Waals surface area contributed by atoms with E-state index in [9.17, 15) is 14.5 Å². The monoisotopic (exact) mass is 291 g/mol. The molecule has 7 heteroatoms. The standard InChI is InChI=1S/C14H14FN3O3/c1-3-16-13-7-11(18(19)20)8-14(17-13)21-12-6-10(15)5-4-9(12)2/h4-8H,3H2,1-2H3,(H,16,17). The molecule has 0 fully saturated rings. The number of hydrogen-bond acceptors (Lipinski definition) is 5. The summed E-state index contributed by atoms with van der Waals surface area (Å²) in [5, 5.41) is 13.8. The van der Waals surface area contributed by atoms with Crippen LogP contribution in [0.5, 0.6) is 11.6 Å². The molecule has 6 nitrogen and oxygen atoms in total. The number of nitro groups is 1. The normalized spacial score (nSPS) is 10.2. The molecule has 0 aliphatic carbocycles. The molecule has 0 saturated heterocycles. The van der Waals surface area contributed by atoms with Crippen molar-refractivity contribution in [3.63, 3.8) is 0 Å². The number of anilines is 1. The van der Waals surface area contributed by atoms with Crippen molar-refractivity contribution >= 4 is 11.5 Å². The van der Waals surface area contributed by atoms with E-state index in [0.29, 0.717) is 17.9 Å². The molecule has 21 heavy (non-hydrogen) atoms. The predicted molar refractivity (Wildman–Crippen MR) is 76.3 cm³/mol. The SMILES string of the molecule is CCNc1cc([N+](=O)[O-])cc(Oc2cc(F)ccc2C)n1. The van der Waals surface area contributed by atoms with Gasteiger partial charge < -0.3 is 10.1 Å². The van der Waals surface area contributed by atoms with Crippen molar-refractivity contribution in [3.05, 3.63) is 51.8 Å². The van der Waals surface area contributed by atoms with Gasteiger partial charge in [-0.3, -0.25) is 10.1 Å². The van der Waals surface area contributed by atoms with E-state index in [1.807, 2.05) is 6.92 Å². The molecule has 1 aromatic carbocycles. The quantitative estimate of drug-likeness (QED) is 0.672. The third kappa shape index (κ3) is 3.65. The van der Waals surface area contributed by atoms with Crippen LogP contribution in [0.15, 0.2) is 30.3 Å². The number of pyridine rings is 1.